The van der Waals surface area contributed by atoms with Gasteiger partial charge in [-0.3, -0.25) is 4.98 Å². The van der Waals surface area contributed by atoms with Crippen molar-refractivity contribution in [1.29, 1.82) is 0 Å². The smallest absolute Gasteiger partial charge is 0.241 e. The second kappa shape index (κ2) is 8.66. The first-order valence-corrected chi connectivity index (χ1v) is 11.5. The van der Waals surface area contributed by atoms with Gasteiger partial charge in [-0.2, -0.15) is 0 Å². The zero-order chi connectivity index (χ0) is 23.0. The van der Waals surface area contributed by atoms with Crippen LogP contribution in [0.1, 0.15) is 30.2 Å². The summed E-state index contributed by atoms with van der Waals surface area (Å²) in [4.78, 5) is 11.6. The van der Waals surface area contributed by atoms with E-state index in [1.54, 1.807) is 17.9 Å². The van der Waals surface area contributed by atoms with Gasteiger partial charge in [-0.05, 0) is 25.0 Å². The highest BCUT2D eigenvalue weighted by Crippen LogP contribution is 2.37. The van der Waals surface area contributed by atoms with E-state index < -0.39 is 51.2 Å². The van der Waals surface area contributed by atoms with Crippen LogP contribution in [0, 0.1) is 24.4 Å². The van der Waals surface area contributed by atoms with Gasteiger partial charge in [0.15, 0.2) is 6.10 Å². The van der Waals surface area contributed by atoms with Crippen molar-refractivity contribution in [2.24, 2.45) is 5.16 Å². The number of benzene rings is 1. The molecule has 1 fully saturated rings. The molecule has 0 spiro atoms. The van der Waals surface area contributed by atoms with Crippen molar-refractivity contribution in [2.45, 2.75) is 31.9 Å². The number of halogens is 4. The van der Waals surface area contributed by atoms with E-state index in [1.807, 2.05) is 0 Å². The maximum atomic E-state index is 14.5. The minimum absolute atomic E-state index is 0.136. The Morgan fingerprint density at radius 1 is 1.22 bits per heavy atom. The van der Waals surface area contributed by atoms with Crippen LogP contribution in [0.2, 0.25) is 0 Å². The SMILES string of the molecule is Cc1cnc(C2CC(N3CC[C@H](NS(=O)(=O)CF)C3)=NO2)c(-c2c(F)cc(F)cc2F)c1. The van der Waals surface area contributed by atoms with Crippen LogP contribution in [-0.2, 0) is 14.9 Å². The lowest BCUT2D eigenvalue weighted by Crippen LogP contribution is -2.38. The Bertz CT molecular complexity index is 1150. The average molecular weight is 472 g/mol. The first-order chi connectivity index (χ1) is 15.2. The highest BCUT2D eigenvalue weighted by Gasteiger charge is 2.35. The van der Waals surface area contributed by atoms with Gasteiger partial charge >= 0.3 is 0 Å². The molecule has 4 rings (SSSR count). The van der Waals surface area contributed by atoms with E-state index in [-0.39, 0.29) is 24.2 Å². The highest BCUT2D eigenvalue weighted by molar-refractivity contribution is 7.89. The van der Waals surface area contributed by atoms with Gasteiger partial charge in [0.1, 0.15) is 23.3 Å². The van der Waals surface area contributed by atoms with Crippen molar-refractivity contribution in [3.05, 3.63) is 53.1 Å². The number of nitrogens with one attached hydrogen (secondary N) is 1. The molecular formula is C20H20F4N4O3S. The van der Waals surface area contributed by atoms with Gasteiger partial charge < -0.3 is 9.74 Å². The third kappa shape index (κ3) is 4.56. The van der Waals surface area contributed by atoms with Crippen molar-refractivity contribution in [2.75, 3.05) is 19.1 Å². The van der Waals surface area contributed by atoms with Crippen LogP contribution < -0.4 is 4.72 Å². The number of aryl methyl sites for hydroxylation is 1. The van der Waals surface area contributed by atoms with Crippen LogP contribution >= 0.6 is 0 Å². The lowest BCUT2D eigenvalue weighted by atomic mass is 9.97. The molecule has 3 heterocycles. The Hall–Kier alpha value is -2.73. The fourth-order valence-electron chi connectivity index (χ4n) is 3.91. The number of hydrogen-bond acceptors (Lipinski definition) is 6. The van der Waals surface area contributed by atoms with Gasteiger partial charge in [0, 0.05) is 43.0 Å². The zero-order valence-electron chi connectivity index (χ0n) is 17.0. The van der Waals surface area contributed by atoms with E-state index in [2.05, 4.69) is 14.9 Å². The maximum Gasteiger partial charge on any atom is 0.241 e. The quantitative estimate of drug-likeness (QED) is 0.676. The Balaban J connectivity index is 1.54. The third-order valence-corrected chi connectivity index (χ3v) is 6.31. The summed E-state index contributed by atoms with van der Waals surface area (Å²) in [6.45, 7) is 2.47. The monoisotopic (exact) mass is 472 g/mol. The molecule has 7 nitrogen and oxygen atoms in total. The van der Waals surface area contributed by atoms with Crippen LogP contribution in [0.25, 0.3) is 11.1 Å². The third-order valence-electron chi connectivity index (χ3n) is 5.33. The molecule has 2 atom stereocenters. The summed E-state index contributed by atoms with van der Waals surface area (Å²) in [7, 11) is -3.98. The van der Waals surface area contributed by atoms with Gasteiger partial charge in [-0.1, -0.05) is 5.16 Å². The summed E-state index contributed by atoms with van der Waals surface area (Å²) in [6, 6.07) is 0.789. The average Bonchev–Trinajstić information content (AvgIpc) is 3.37. The molecule has 172 valence electrons. The molecule has 1 saturated heterocycles. The highest BCUT2D eigenvalue weighted by atomic mass is 32.2. The largest absolute Gasteiger partial charge is 0.384 e. The topological polar surface area (TPSA) is 83.9 Å². The predicted molar refractivity (Wildman–Crippen MR) is 108 cm³/mol. The van der Waals surface area contributed by atoms with Crippen LogP contribution in [0.15, 0.2) is 29.6 Å². The standard InChI is InChI=1S/C20H20F4N4O3S/c1-11-4-14(19-15(23)5-12(22)6-16(19)24)20(25-8-11)17-7-18(26-31-17)28-3-2-13(9-28)27-32(29,30)10-21/h4-6,8,13,17,27H,2-3,7,9-10H2,1H3/t13-,17?/m0/s1. The van der Waals surface area contributed by atoms with Crippen LogP contribution in [0.5, 0.6) is 0 Å². The summed E-state index contributed by atoms with van der Waals surface area (Å²) in [5.41, 5.74) is 0.620. The molecule has 0 radical (unpaired) electrons. The molecule has 1 aromatic heterocycles. The summed E-state index contributed by atoms with van der Waals surface area (Å²) < 4.78 is 80.0. The molecule has 1 unspecified atom stereocenters. The molecule has 2 aliphatic heterocycles. The second-order valence-electron chi connectivity index (χ2n) is 7.77. The molecule has 0 bridgehead atoms. The van der Waals surface area contributed by atoms with E-state index >= 15 is 0 Å². The van der Waals surface area contributed by atoms with Gasteiger partial charge in [-0.25, -0.2) is 30.7 Å². The number of amidine groups is 1. The van der Waals surface area contributed by atoms with E-state index in [4.69, 9.17) is 4.84 Å². The van der Waals surface area contributed by atoms with E-state index in [0.29, 0.717) is 36.5 Å². The molecule has 0 aliphatic carbocycles. The number of nitrogens with zero attached hydrogens (tertiary/aromatic N) is 3. The van der Waals surface area contributed by atoms with Crippen molar-refractivity contribution in [3.63, 3.8) is 0 Å². The number of oxime groups is 1. The minimum Gasteiger partial charge on any atom is -0.384 e. The van der Waals surface area contributed by atoms with Crippen molar-refractivity contribution < 1.29 is 30.8 Å². The number of pyridine rings is 1. The molecule has 12 heteroatoms. The van der Waals surface area contributed by atoms with Gasteiger partial charge in [0.05, 0.1) is 17.7 Å². The Morgan fingerprint density at radius 2 is 1.94 bits per heavy atom. The van der Waals surface area contributed by atoms with Gasteiger partial charge in [0.25, 0.3) is 0 Å². The number of rotatable bonds is 5. The van der Waals surface area contributed by atoms with E-state index in [1.165, 1.54) is 6.20 Å². The molecule has 1 N–H and O–H groups in total. The molecule has 0 saturated carbocycles. The zero-order valence-corrected chi connectivity index (χ0v) is 17.8. The van der Waals surface area contributed by atoms with Crippen LogP contribution in [0.3, 0.4) is 0 Å². The second-order valence-corrected chi connectivity index (χ2v) is 9.45. The van der Waals surface area contributed by atoms with Crippen LogP contribution in [0.4, 0.5) is 17.6 Å². The van der Waals surface area contributed by atoms with Crippen LogP contribution in [-0.4, -0.2) is 49.3 Å². The molecule has 32 heavy (non-hydrogen) atoms. The lowest BCUT2D eigenvalue weighted by Gasteiger charge is -2.18. The fourth-order valence-corrected chi connectivity index (χ4v) is 4.67. The first-order valence-electron chi connectivity index (χ1n) is 9.82. The molecule has 0 amide bonds. The molecule has 1 aromatic carbocycles. The lowest BCUT2D eigenvalue weighted by molar-refractivity contribution is 0.0828. The number of hydrogen-bond donors (Lipinski definition) is 1. The van der Waals surface area contributed by atoms with Crippen molar-refractivity contribution in [3.8, 4) is 11.1 Å². The Labute approximate surface area is 182 Å². The van der Waals surface area contributed by atoms with Crippen molar-refractivity contribution in [1.82, 2.24) is 14.6 Å². The number of sulfonamides is 1. The van der Waals surface area contributed by atoms with E-state index in [9.17, 15) is 26.0 Å². The fraction of sp³-hybridized carbons (Fsp3) is 0.400. The minimum atomic E-state index is -3.98. The summed E-state index contributed by atoms with van der Waals surface area (Å²) in [5.74, 6) is -2.62. The Morgan fingerprint density at radius 3 is 2.62 bits per heavy atom. The Kier molecular flexibility index (Phi) is 6.08. The molecular weight excluding hydrogens is 452 g/mol. The summed E-state index contributed by atoms with van der Waals surface area (Å²) >= 11 is 0. The summed E-state index contributed by atoms with van der Waals surface area (Å²) in [6.07, 6.45) is 1.47. The predicted octanol–water partition coefficient (Wildman–Crippen LogP) is 3.17. The number of aromatic nitrogens is 1. The van der Waals surface area contributed by atoms with Gasteiger partial charge in [0.2, 0.25) is 16.0 Å². The van der Waals surface area contributed by atoms with E-state index in [0.717, 1.165) is 0 Å². The first kappa shape index (κ1) is 22.5. The summed E-state index contributed by atoms with van der Waals surface area (Å²) in [5, 5.41) is 4.05. The normalized spacial score (nSPS) is 21.0. The number of likely N-dealkylation sites (tertiary alicyclic amines) is 1. The molecule has 2 aliphatic rings. The number of alkyl halides is 1. The van der Waals surface area contributed by atoms with Gasteiger partial charge in [-0.15, -0.1) is 0 Å². The molecule has 2 aromatic rings. The maximum absolute atomic E-state index is 14.5. The van der Waals surface area contributed by atoms with Crippen molar-refractivity contribution >= 4 is 15.9 Å².